The minimum atomic E-state index is 0.948. The van der Waals surface area contributed by atoms with Crippen molar-refractivity contribution < 1.29 is 0 Å². The van der Waals surface area contributed by atoms with E-state index >= 15 is 0 Å². The number of hydrogen-bond acceptors (Lipinski definition) is 0. The van der Waals surface area contributed by atoms with Crippen molar-refractivity contribution >= 4 is 0 Å². The van der Waals surface area contributed by atoms with Gasteiger partial charge in [-0.1, -0.05) is 44.8 Å². The van der Waals surface area contributed by atoms with Gasteiger partial charge >= 0.3 is 0 Å². The highest BCUT2D eigenvalue weighted by atomic mass is 14.2. The van der Waals surface area contributed by atoms with Gasteiger partial charge in [-0.25, -0.2) is 0 Å². The van der Waals surface area contributed by atoms with E-state index in [1.54, 1.807) is 5.57 Å². The molecule has 0 saturated heterocycles. The molecule has 2 atom stereocenters. The largest absolute Gasteiger partial charge is 0.0853 e. The molecule has 2 unspecified atom stereocenters. The molecule has 0 aromatic carbocycles. The Morgan fingerprint density at radius 1 is 1.54 bits per heavy atom. The van der Waals surface area contributed by atoms with E-state index in [2.05, 4.69) is 26.8 Å². The summed E-state index contributed by atoms with van der Waals surface area (Å²) >= 11 is 0. The van der Waals surface area contributed by atoms with Crippen LogP contribution in [0.15, 0.2) is 11.6 Å². The molecule has 1 aliphatic rings. The van der Waals surface area contributed by atoms with Gasteiger partial charge in [0.1, 0.15) is 0 Å². The molecule has 0 heteroatoms. The van der Waals surface area contributed by atoms with Crippen LogP contribution in [0.3, 0.4) is 0 Å². The average Bonchev–Trinajstić information content (AvgIpc) is 2.15. The Morgan fingerprint density at radius 2 is 2.31 bits per heavy atom. The van der Waals surface area contributed by atoms with E-state index in [-0.39, 0.29) is 0 Å². The van der Waals surface area contributed by atoms with Gasteiger partial charge in [0.05, 0.1) is 0 Å². The van der Waals surface area contributed by atoms with E-state index in [0.717, 1.165) is 11.8 Å². The van der Waals surface area contributed by atoms with Crippen LogP contribution in [0.1, 0.15) is 59.3 Å². The third-order valence-electron chi connectivity index (χ3n) is 3.50. The summed E-state index contributed by atoms with van der Waals surface area (Å²) in [5.74, 6) is 1.93. The molecule has 0 saturated carbocycles. The van der Waals surface area contributed by atoms with Crippen LogP contribution in [0.5, 0.6) is 0 Å². The van der Waals surface area contributed by atoms with Crippen molar-refractivity contribution in [3.8, 4) is 0 Å². The number of hydrogen-bond donors (Lipinski definition) is 0. The van der Waals surface area contributed by atoms with E-state index in [4.69, 9.17) is 0 Å². The Morgan fingerprint density at radius 3 is 2.85 bits per heavy atom. The molecule has 0 N–H and O–H groups in total. The molecule has 0 heterocycles. The van der Waals surface area contributed by atoms with E-state index < -0.39 is 0 Å². The Bertz CT molecular complexity index is 167. The molecule has 0 aromatic rings. The van der Waals surface area contributed by atoms with Gasteiger partial charge in [0.25, 0.3) is 0 Å². The highest BCUT2D eigenvalue weighted by molar-refractivity contribution is 5.03. The van der Waals surface area contributed by atoms with E-state index in [0.29, 0.717) is 0 Å². The predicted octanol–water partition coefficient (Wildman–Crippen LogP) is 4.56. The molecule has 0 spiro atoms. The van der Waals surface area contributed by atoms with Gasteiger partial charge in [-0.3, -0.25) is 0 Å². The molecule has 1 rings (SSSR count). The third kappa shape index (κ3) is 3.54. The van der Waals surface area contributed by atoms with Crippen LogP contribution in [-0.4, -0.2) is 0 Å². The first-order valence-electron chi connectivity index (χ1n) is 5.89. The summed E-state index contributed by atoms with van der Waals surface area (Å²) in [4.78, 5) is 0. The van der Waals surface area contributed by atoms with Gasteiger partial charge in [-0.05, 0) is 38.0 Å². The molecular weight excluding hydrogens is 156 g/mol. The quantitative estimate of drug-likeness (QED) is 0.556. The summed E-state index contributed by atoms with van der Waals surface area (Å²) in [7, 11) is 0. The zero-order valence-corrected chi connectivity index (χ0v) is 9.47. The SMILES string of the molecule is CCCCC(C)C1CC=C(C)CC1. The maximum Gasteiger partial charge on any atom is -0.0317 e. The molecule has 0 aromatic heterocycles. The maximum atomic E-state index is 2.45. The highest BCUT2D eigenvalue weighted by Gasteiger charge is 2.18. The van der Waals surface area contributed by atoms with Crippen LogP contribution in [0, 0.1) is 11.8 Å². The standard InChI is InChI=1S/C13H24/c1-4-5-6-12(3)13-9-7-11(2)8-10-13/h7,12-13H,4-6,8-10H2,1-3H3. The number of unbranched alkanes of at least 4 members (excludes halogenated alkanes) is 1. The van der Waals surface area contributed by atoms with Crippen molar-refractivity contribution in [2.24, 2.45) is 11.8 Å². The van der Waals surface area contributed by atoms with Gasteiger partial charge in [0, 0.05) is 0 Å². The molecule has 0 amide bonds. The summed E-state index contributed by atoms with van der Waals surface area (Å²) in [6.45, 7) is 7.00. The normalized spacial score (nSPS) is 25.5. The van der Waals surface area contributed by atoms with Crippen molar-refractivity contribution in [2.75, 3.05) is 0 Å². The maximum absolute atomic E-state index is 2.45. The fourth-order valence-corrected chi connectivity index (χ4v) is 2.26. The first kappa shape index (κ1) is 10.8. The van der Waals surface area contributed by atoms with Gasteiger partial charge in [0.2, 0.25) is 0 Å². The van der Waals surface area contributed by atoms with Crippen molar-refractivity contribution in [1.29, 1.82) is 0 Å². The zero-order valence-electron chi connectivity index (χ0n) is 9.47. The molecule has 0 fully saturated rings. The lowest BCUT2D eigenvalue weighted by molar-refractivity contribution is 0.304. The lowest BCUT2D eigenvalue weighted by Gasteiger charge is -2.26. The van der Waals surface area contributed by atoms with Crippen LogP contribution in [0.4, 0.5) is 0 Å². The minimum Gasteiger partial charge on any atom is -0.0853 e. The highest BCUT2D eigenvalue weighted by Crippen LogP contribution is 2.31. The number of allylic oxidation sites excluding steroid dienone is 2. The van der Waals surface area contributed by atoms with Crippen LogP contribution < -0.4 is 0 Å². The van der Waals surface area contributed by atoms with Gasteiger partial charge in [-0.2, -0.15) is 0 Å². The van der Waals surface area contributed by atoms with E-state index in [1.165, 1.54) is 38.5 Å². The first-order chi connectivity index (χ1) is 6.24. The van der Waals surface area contributed by atoms with Crippen molar-refractivity contribution in [3.05, 3.63) is 11.6 Å². The van der Waals surface area contributed by atoms with Crippen LogP contribution in [0.25, 0.3) is 0 Å². The third-order valence-corrected chi connectivity index (χ3v) is 3.50. The van der Waals surface area contributed by atoms with Crippen molar-refractivity contribution in [1.82, 2.24) is 0 Å². The summed E-state index contributed by atoms with van der Waals surface area (Å²) in [6, 6.07) is 0. The Balaban J connectivity index is 2.28. The van der Waals surface area contributed by atoms with E-state index in [9.17, 15) is 0 Å². The second kappa shape index (κ2) is 5.47. The van der Waals surface area contributed by atoms with Crippen molar-refractivity contribution in [2.45, 2.75) is 59.3 Å². The lowest BCUT2D eigenvalue weighted by Crippen LogP contribution is -2.14. The molecule has 0 aliphatic heterocycles. The predicted molar refractivity (Wildman–Crippen MR) is 59.8 cm³/mol. The van der Waals surface area contributed by atoms with Crippen LogP contribution >= 0.6 is 0 Å². The molecule has 13 heavy (non-hydrogen) atoms. The summed E-state index contributed by atoms with van der Waals surface area (Å²) in [5, 5.41) is 0. The van der Waals surface area contributed by atoms with Crippen molar-refractivity contribution in [3.63, 3.8) is 0 Å². The van der Waals surface area contributed by atoms with E-state index in [1.807, 2.05) is 0 Å². The first-order valence-corrected chi connectivity index (χ1v) is 5.89. The van der Waals surface area contributed by atoms with Gasteiger partial charge in [-0.15, -0.1) is 0 Å². The fourth-order valence-electron chi connectivity index (χ4n) is 2.26. The molecule has 76 valence electrons. The molecule has 0 nitrogen and oxygen atoms in total. The second-order valence-electron chi connectivity index (χ2n) is 4.70. The summed E-state index contributed by atoms with van der Waals surface area (Å²) in [5.41, 5.74) is 1.61. The Kier molecular flexibility index (Phi) is 4.55. The molecular formula is C13H24. The van der Waals surface area contributed by atoms with Crippen LogP contribution in [0.2, 0.25) is 0 Å². The topological polar surface area (TPSA) is 0 Å². The second-order valence-corrected chi connectivity index (χ2v) is 4.70. The smallest absolute Gasteiger partial charge is 0.0317 e. The minimum absolute atomic E-state index is 0.948. The monoisotopic (exact) mass is 180 g/mol. The van der Waals surface area contributed by atoms with Gasteiger partial charge in [0.15, 0.2) is 0 Å². The summed E-state index contributed by atoms with van der Waals surface area (Å²) < 4.78 is 0. The number of rotatable bonds is 4. The summed E-state index contributed by atoms with van der Waals surface area (Å²) in [6.07, 6.45) is 10.8. The lowest BCUT2D eigenvalue weighted by atomic mass is 9.80. The fraction of sp³-hybridized carbons (Fsp3) is 0.846. The van der Waals surface area contributed by atoms with Gasteiger partial charge < -0.3 is 0 Å². The molecule has 0 radical (unpaired) electrons. The molecule has 1 aliphatic carbocycles. The Labute approximate surface area is 83.4 Å². The molecule has 0 bridgehead atoms. The van der Waals surface area contributed by atoms with Crippen LogP contribution in [-0.2, 0) is 0 Å². The average molecular weight is 180 g/mol. The zero-order chi connectivity index (χ0) is 9.68. The Hall–Kier alpha value is -0.260.